The molecule has 1 aliphatic heterocycles. The summed E-state index contributed by atoms with van der Waals surface area (Å²) < 4.78 is 16.2. The van der Waals surface area contributed by atoms with Gasteiger partial charge in [-0.05, 0) is 24.1 Å². The van der Waals surface area contributed by atoms with Crippen molar-refractivity contribution >= 4 is 5.78 Å². The van der Waals surface area contributed by atoms with Crippen LogP contribution in [0.3, 0.4) is 0 Å². The van der Waals surface area contributed by atoms with Crippen LogP contribution in [-0.4, -0.2) is 20.0 Å². The van der Waals surface area contributed by atoms with E-state index in [4.69, 9.17) is 19.9 Å². The standard InChI is InChI=1S/C18H18N2O4/c1-22-11-6-10(7-12(8-11)23-2)16-13(9-19)18(20)24-15-5-3-4-14(21)17(15)16/h6-8,16H,3-5,20H2,1-2H3/t16-/m1/s1. The van der Waals surface area contributed by atoms with Crippen LogP contribution in [0.15, 0.2) is 41.0 Å². The topological polar surface area (TPSA) is 94.6 Å². The molecule has 0 unspecified atom stereocenters. The first-order chi connectivity index (χ1) is 11.6. The van der Waals surface area contributed by atoms with E-state index in [-0.39, 0.29) is 17.2 Å². The van der Waals surface area contributed by atoms with Gasteiger partial charge in [0.1, 0.15) is 28.9 Å². The first kappa shape index (κ1) is 15.9. The number of carbonyl (C=O) groups is 1. The molecule has 0 saturated carbocycles. The van der Waals surface area contributed by atoms with Gasteiger partial charge in [0.2, 0.25) is 5.88 Å². The van der Waals surface area contributed by atoms with E-state index in [0.717, 1.165) is 12.0 Å². The zero-order valence-electron chi connectivity index (χ0n) is 13.6. The van der Waals surface area contributed by atoms with E-state index in [2.05, 4.69) is 6.07 Å². The summed E-state index contributed by atoms with van der Waals surface area (Å²) in [4.78, 5) is 12.5. The number of allylic oxidation sites excluding steroid dienone is 3. The number of hydrogen-bond acceptors (Lipinski definition) is 6. The summed E-state index contributed by atoms with van der Waals surface area (Å²) in [5, 5.41) is 9.56. The Morgan fingerprint density at radius 2 is 1.88 bits per heavy atom. The Bertz CT molecular complexity index is 779. The predicted molar refractivity (Wildman–Crippen MR) is 86.1 cm³/mol. The molecular weight excluding hydrogens is 308 g/mol. The number of nitrogens with zero attached hydrogens (tertiary/aromatic N) is 1. The van der Waals surface area contributed by atoms with Crippen LogP contribution in [0.25, 0.3) is 0 Å². The van der Waals surface area contributed by atoms with E-state index in [1.807, 2.05) is 0 Å². The molecule has 0 amide bonds. The molecule has 1 atom stereocenters. The normalized spacial score (nSPS) is 20.2. The average molecular weight is 326 g/mol. The second-order valence-electron chi connectivity index (χ2n) is 5.68. The highest BCUT2D eigenvalue weighted by molar-refractivity contribution is 5.99. The molecule has 2 aliphatic rings. The Morgan fingerprint density at radius 1 is 1.21 bits per heavy atom. The summed E-state index contributed by atoms with van der Waals surface area (Å²) in [7, 11) is 3.10. The molecule has 3 rings (SSSR count). The molecule has 1 heterocycles. The van der Waals surface area contributed by atoms with Crippen LogP contribution >= 0.6 is 0 Å². The van der Waals surface area contributed by atoms with Crippen molar-refractivity contribution in [3.8, 4) is 17.6 Å². The number of ketones is 1. The van der Waals surface area contributed by atoms with Crippen molar-refractivity contribution in [2.45, 2.75) is 25.2 Å². The molecule has 0 spiro atoms. The van der Waals surface area contributed by atoms with Crippen LogP contribution in [0.1, 0.15) is 30.7 Å². The lowest BCUT2D eigenvalue weighted by Gasteiger charge is -2.31. The predicted octanol–water partition coefficient (Wildman–Crippen LogP) is 2.52. The van der Waals surface area contributed by atoms with Crippen LogP contribution < -0.4 is 15.2 Å². The van der Waals surface area contributed by atoms with E-state index >= 15 is 0 Å². The fourth-order valence-electron chi connectivity index (χ4n) is 3.19. The maximum Gasteiger partial charge on any atom is 0.205 e. The number of methoxy groups -OCH3 is 2. The molecule has 124 valence electrons. The van der Waals surface area contributed by atoms with Gasteiger partial charge < -0.3 is 19.9 Å². The first-order valence-electron chi connectivity index (χ1n) is 7.65. The highest BCUT2D eigenvalue weighted by Crippen LogP contribution is 2.44. The van der Waals surface area contributed by atoms with Crippen LogP contribution in [0.4, 0.5) is 0 Å². The Labute approximate surface area is 140 Å². The Hall–Kier alpha value is -2.94. The SMILES string of the molecule is COc1cc(OC)cc([C@@H]2C(C#N)=C(N)OC3=C2C(=O)CCC3)c1. The molecule has 0 aromatic heterocycles. The third kappa shape index (κ3) is 2.58. The van der Waals surface area contributed by atoms with Gasteiger partial charge in [-0.2, -0.15) is 5.26 Å². The van der Waals surface area contributed by atoms with Gasteiger partial charge in [0.05, 0.1) is 20.1 Å². The van der Waals surface area contributed by atoms with E-state index < -0.39 is 5.92 Å². The fourth-order valence-corrected chi connectivity index (χ4v) is 3.19. The molecule has 6 heteroatoms. The van der Waals surface area contributed by atoms with Crippen molar-refractivity contribution in [3.63, 3.8) is 0 Å². The van der Waals surface area contributed by atoms with Crippen molar-refractivity contribution in [1.29, 1.82) is 5.26 Å². The first-order valence-corrected chi connectivity index (χ1v) is 7.65. The van der Waals surface area contributed by atoms with E-state index in [1.165, 1.54) is 0 Å². The summed E-state index contributed by atoms with van der Waals surface area (Å²) in [5.74, 6) is 1.21. The minimum Gasteiger partial charge on any atom is -0.497 e. The third-order valence-electron chi connectivity index (χ3n) is 4.31. The van der Waals surface area contributed by atoms with Crippen molar-refractivity contribution in [2.75, 3.05) is 14.2 Å². The number of hydrogen-bond donors (Lipinski definition) is 1. The van der Waals surface area contributed by atoms with Gasteiger partial charge in [-0.3, -0.25) is 4.79 Å². The van der Waals surface area contributed by atoms with Crippen molar-refractivity contribution < 1.29 is 19.0 Å². The maximum absolute atomic E-state index is 12.5. The highest BCUT2D eigenvalue weighted by Gasteiger charge is 2.38. The van der Waals surface area contributed by atoms with E-state index in [9.17, 15) is 10.1 Å². The zero-order valence-corrected chi connectivity index (χ0v) is 13.6. The summed E-state index contributed by atoms with van der Waals surface area (Å²) in [6.07, 6.45) is 1.80. The number of carbonyl (C=O) groups excluding carboxylic acids is 1. The number of rotatable bonds is 3. The summed E-state index contributed by atoms with van der Waals surface area (Å²) in [5.41, 5.74) is 7.41. The third-order valence-corrected chi connectivity index (χ3v) is 4.31. The van der Waals surface area contributed by atoms with E-state index in [0.29, 0.717) is 35.7 Å². The highest BCUT2D eigenvalue weighted by atomic mass is 16.5. The number of ether oxygens (including phenoxy) is 3. The lowest BCUT2D eigenvalue weighted by Crippen LogP contribution is -2.27. The van der Waals surface area contributed by atoms with Gasteiger partial charge in [0.15, 0.2) is 5.78 Å². The van der Waals surface area contributed by atoms with Gasteiger partial charge in [0, 0.05) is 24.5 Å². The smallest absolute Gasteiger partial charge is 0.205 e. The maximum atomic E-state index is 12.5. The molecule has 24 heavy (non-hydrogen) atoms. The van der Waals surface area contributed by atoms with Gasteiger partial charge in [-0.15, -0.1) is 0 Å². The van der Waals surface area contributed by atoms with Crippen LogP contribution in [0.2, 0.25) is 0 Å². The number of nitrogens with two attached hydrogens (primary N) is 1. The van der Waals surface area contributed by atoms with Crippen LogP contribution in [0.5, 0.6) is 11.5 Å². The molecule has 2 N–H and O–H groups in total. The van der Waals surface area contributed by atoms with Crippen molar-refractivity contribution in [3.05, 3.63) is 46.6 Å². The van der Waals surface area contributed by atoms with Crippen molar-refractivity contribution in [2.24, 2.45) is 5.73 Å². The molecule has 0 bridgehead atoms. The largest absolute Gasteiger partial charge is 0.497 e. The van der Waals surface area contributed by atoms with Crippen LogP contribution in [0, 0.1) is 11.3 Å². The number of benzene rings is 1. The van der Waals surface area contributed by atoms with Gasteiger partial charge >= 0.3 is 0 Å². The lowest BCUT2D eigenvalue weighted by atomic mass is 9.77. The van der Waals surface area contributed by atoms with Gasteiger partial charge in [-0.1, -0.05) is 0 Å². The Kier molecular flexibility index (Phi) is 4.17. The van der Waals surface area contributed by atoms with Crippen molar-refractivity contribution in [1.82, 2.24) is 0 Å². The van der Waals surface area contributed by atoms with E-state index in [1.54, 1.807) is 32.4 Å². The molecule has 1 aromatic rings. The summed E-state index contributed by atoms with van der Waals surface area (Å²) in [6, 6.07) is 7.40. The Morgan fingerprint density at radius 3 is 2.46 bits per heavy atom. The molecule has 0 saturated heterocycles. The monoisotopic (exact) mass is 326 g/mol. The summed E-state index contributed by atoms with van der Waals surface area (Å²) in [6.45, 7) is 0. The Balaban J connectivity index is 2.21. The second-order valence-corrected chi connectivity index (χ2v) is 5.68. The fraction of sp³-hybridized carbons (Fsp3) is 0.333. The quantitative estimate of drug-likeness (QED) is 0.917. The minimum absolute atomic E-state index is 0.0108. The van der Waals surface area contributed by atoms with Gasteiger partial charge in [-0.25, -0.2) is 0 Å². The molecule has 6 nitrogen and oxygen atoms in total. The molecular formula is C18H18N2O4. The van der Waals surface area contributed by atoms with Crippen LogP contribution in [-0.2, 0) is 9.53 Å². The minimum atomic E-state index is -0.560. The molecule has 1 aromatic carbocycles. The second kappa shape index (κ2) is 6.28. The molecule has 0 radical (unpaired) electrons. The van der Waals surface area contributed by atoms with Gasteiger partial charge in [0.25, 0.3) is 0 Å². The number of nitriles is 1. The average Bonchev–Trinajstić information content (AvgIpc) is 2.60. The zero-order chi connectivity index (χ0) is 17.3. The molecule has 1 aliphatic carbocycles. The summed E-state index contributed by atoms with van der Waals surface area (Å²) >= 11 is 0. The lowest BCUT2D eigenvalue weighted by molar-refractivity contribution is -0.116. The molecule has 0 fully saturated rings. The number of Topliss-reactive ketones (excluding diaryl/α,β-unsaturated/α-hetero) is 1.